The van der Waals surface area contributed by atoms with Gasteiger partial charge in [0.25, 0.3) is 0 Å². The van der Waals surface area contributed by atoms with Gasteiger partial charge in [-0.15, -0.1) is 0 Å². The molecule has 0 spiro atoms. The van der Waals surface area contributed by atoms with Crippen molar-refractivity contribution in [3.05, 3.63) is 70.7 Å². The van der Waals surface area contributed by atoms with Gasteiger partial charge in [-0.05, 0) is 36.5 Å². The molecular formula is C20H17F5N2O2. The summed E-state index contributed by atoms with van der Waals surface area (Å²) in [6.07, 6.45) is -4.45. The minimum Gasteiger partial charge on any atom is -0.394 e. The van der Waals surface area contributed by atoms with E-state index in [1.54, 1.807) is 0 Å². The Kier molecular flexibility index (Phi) is 4.43. The van der Waals surface area contributed by atoms with Gasteiger partial charge in [-0.25, -0.2) is 8.78 Å². The summed E-state index contributed by atoms with van der Waals surface area (Å²) < 4.78 is 107. The Labute approximate surface area is 170 Å². The number of nitrogens with one attached hydrogen (secondary N) is 1. The summed E-state index contributed by atoms with van der Waals surface area (Å²) in [6.45, 7) is -0.0270. The minimum absolute atomic E-state index is 0.0270. The van der Waals surface area contributed by atoms with Crippen molar-refractivity contribution in [1.82, 2.24) is 5.32 Å². The van der Waals surface area contributed by atoms with E-state index in [2.05, 4.69) is 5.16 Å². The molecule has 3 rings (SSSR count). The van der Waals surface area contributed by atoms with E-state index in [1.807, 2.05) is 5.32 Å². The molecule has 1 fully saturated rings. The van der Waals surface area contributed by atoms with Crippen LogP contribution in [0.4, 0.5) is 22.0 Å². The van der Waals surface area contributed by atoms with Crippen LogP contribution < -0.4 is 5.32 Å². The number of hydrogen-bond donors (Lipinski definition) is 1. The zero-order valence-electron chi connectivity index (χ0n) is 19.7. The Hall–Kier alpha value is -2.97. The van der Waals surface area contributed by atoms with Crippen LogP contribution in [0.25, 0.3) is 0 Å². The lowest BCUT2D eigenvalue weighted by Crippen LogP contribution is -2.35. The van der Waals surface area contributed by atoms with Crippen LogP contribution in [0, 0.1) is 17.6 Å². The van der Waals surface area contributed by atoms with Gasteiger partial charge in [0.15, 0.2) is 17.5 Å². The molecule has 0 saturated heterocycles. The van der Waals surface area contributed by atoms with Crippen molar-refractivity contribution in [2.75, 3.05) is 6.61 Å². The summed E-state index contributed by atoms with van der Waals surface area (Å²) in [5, 5.41) is 5.31. The number of rotatable bonds is 6. The van der Waals surface area contributed by atoms with Gasteiger partial charge in [0.2, 0.25) is 5.91 Å². The number of halogens is 5. The lowest BCUT2D eigenvalue weighted by molar-refractivity contribution is -0.138. The van der Waals surface area contributed by atoms with Gasteiger partial charge in [-0.3, -0.25) is 4.79 Å². The van der Waals surface area contributed by atoms with E-state index in [1.165, 1.54) is 0 Å². The first-order valence-electron chi connectivity index (χ1n) is 10.9. The molecule has 154 valence electrons. The Bertz CT molecular complexity index is 1140. The van der Waals surface area contributed by atoms with E-state index < -0.39 is 82.9 Å². The summed E-state index contributed by atoms with van der Waals surface area (Å²) in [7, 11) is 0. The number of hydrogen-bond acceptors (Lipinski definition) is 3. The standard InChI is InChI=1S/C20H17F5N2O2/c21-15-9-8-14(20(23,24)25)17(18(15)22)19(27-29-11-13-6-7-13)26-16(28)10-12-4-2-1-3-5-12/h1-5,8-9,13H,6-7,10-11H2,(H,26,27,28)/i1D,2D,3D,4D,5D. The molecule has 0 heterocycles. The quantitative estimate of drug-likeness (QED) is 0.327. The maximum atomic E-state index is 14.5. The molecule has 0 aliphatic heterocycles. The van der Waals surface area contributed by atoms with Gasteiger partial charge in [-0.1, -0.05) is 35.4 Å². The van der Waals surface area contributed by atoms with Gasteiger partial charge >= 0.3 is 6.18 Å². The number of benzene rings is 2. The molecule has 9 heteroatoms. The molecule has 0 aromatic heterocycles. The molecule has 0 atom stereocenters. The molecule has 4 nitrogen and oxygen atoms in total. The average Bonchev–Trinajstić information content (AvgIpc) is 3.58. The van der Waals surface area contributed by atoms with Crippen molar-refractivity contribution < 1.29 is 38.4 Å². The normalized spacial score (nSPS) is 17.0. The molecule has 1 aliphatic rings. The van der Waals surface area contributed by atoms with Crippen molar-refractivity contribution in [1.29, 1.82) is 0 Å². The first-order chi connectivity index (χ1) is 15.8. The van der Waals surface area contributed by atoms with Crippen LogP contribution in [-0.4, -0.2) is 18.3 Å². The molecule has 0 unspecified atom stereocenters. The van der Waals surface area contributed by atoms with Crippen LogP contribution in [0.15, 0.2) is 47.5 Å². The van der Waals surface area contributed by atoms with Crippen molar-refractivity contribution in [2.45, 2.75) is 25.4 Å². The van der Waals surface area contributed by atoms with Crippen molar-refractivity contribution >= 4 is 11.7 Å². The fraction of sp³-hybridized carbons (Fsp3) is 0.300. The number of nitrogens with zero attached hydrogens (tertiary/aromatic N) is 1. The van der Waals surface area contributed by atoms with Gasteiger partial charge in [0.05, 0.1) is 24.4 Å². The zero-order valence-corrected chi connectivity index (χ0v) is 14.7. The Balaban J connectivity index is 2.00. The zero-order chi connectivity index (χ0) is 25.4. The highest BCUT2D eigenvalue weighted by Gasteiger charge is 2.38. The Morgan fingerprint density at radius 1 is 1.21 bits per heavy atom. The predicted octanol–water partition coefficient (Wildman–Crippen LogP) is 4.43. The third-order valence-electron chi connectivity index (χ3n) is 3.95. The first kappa shape index (κ1) is 14.9. The molecule has 1 N–H and O–H groups in total. The second-order valence-corrected chi connectivity index (χ2v) is 6.29. The molecule has 2 aromatic rings. The van der Waals surface area contributed by atoms with E-state index >= 15 is 0 Å². The molecule has 0 bridgehead atoms. The smallest absolute Gasteiger partial charge is 0.394 e. The maximum Gasteiger partial charge on any atom is 0.417 e. The third kappa shape index (κ3) is 5.52. The van der Waals surface area contributed by atoms with Crippen LogP contribution in [0.5, 0.6) is 0 Å². The highest BCUT2D eigenvalue weighted by molar-refractivity contribution is 6.09. The fourth-order valence-electron chi connectivity index (χ4n) is 2.34. The number of carbonyl (C=O) groups excluding carboxylic acids is 1. The summed E-state index contributed by atoms with van der Waals surface area (Å²) in [5.74, 6) is -5.72. The largest absolute Gasteiger partial charge is 0.417 e. The van der Waals surface area contributed by atoms with E-state index in [0.717, 1.165) is 12.8 Å². The van der Waals surface area contributed by atoms with Crippen molar-refractivity contribution in [3.8, 4) is 0 Å². The summed E-state index contributed by atoms with van der Waals surface area (Å²) in [5.41, 5.74) is -3.46. The molecule has 1 saturated carbocycles. The number of amides is 1. The highest BCUT2D eigenvalue weighted by Crippen LogP contribution is 2.34. The molecule has 1 amide bonds. The summed E-state index contributed by atoms with van der Waals surface area (Å²) >= 11 is 0. The number of amidine groups is 1. The Morgan fingerprint density at radius 3 is 2.52 bits per heavy atom. The predicted molar refractivity (Wildman–Crippen MR) is 94.9 cm³/mol. The molecule has 0 radical (unpaired) electrons. The maximum absolute atomic E-state index is 14.5. The number of alkyl halides is 3. The second-order valence-electron chi connectivity index (χ2n) is 6.29. The lowest BCUT2D eigenvalue weighted by Gasteiger charge is -2.16. The monoisotopic (exact) mass is 417 g/mol. The van der Waals surface area contributed by atoms with Gasteiger partial charge in [-0.2, -0.15) is 13.2 Å². The van der Waals surface area contributed by atoms with E-state index in [0.29, 0.717) is 0 Å². The molecule has 1 aliphatic carbocycles. The SMILES string of the molecule is [2H]c1c([2H])c([2H])c(CC(=O)N/C(=N\OCC2CC2)c2c(C(F)(F)F)ccc(F)c2F)c([2H])c1[2H]. The Morgan fingerprint density at radius 2 is 1.90 bits per heavy atom. The lowest BCUT2D eigenvalue weighted by atomic mass is 10.0. The van der Waals surface area contributed by atoms with Crippen LogP contribution in [-0.2, 0) is 22.2 Å². The van der Waals surface area contributed by atoms with Gasteiger partial charge < -0.3 is 10.2 Å². The third-order valence-corrected chi connectivity index (χ3v) is 3.95. The van der Waals surface area contributed by atoms with Crippen LogP contribution in [0.3, 0.4) is 0 Å². The van der Waals surface area contributed by atoms with Crippen molar-refractivity contribution in [2.24, 2.45) is 11.1 Å². The van der Waals surface area contributed by atoms with Gasteiger partial charge in [0.1, 0.15) is 6.61 Å². The summed E-state index contributed by atoms with van der Waals surface area (Å²) in [4.78, 5) is 17.5. The molecule has 29 heavy (non-hydrogen) atoms. The first-order valence-corrected chi connectivity index (χ1v) is 8.44. The van der Waals surface area contributed by atoms with E-state index in [9.17, 15) is 26.7 Å². The van der Waals surface area contributed by atoms with E-state index in [-0.39, 0.29) is 24.7 Å². The number of oxime groups is 1. The molecular weight excluding hydrogens is 395 g/mol. The van der Waals surface area contributed by atoms with E-state index in [4.69, 9.17) is 11.7 Å². The average molecular weight is 417 g/mol. The topological polar surface area (TPSA) is 50.7 Å². The fourth-order valence-corrected chi connectivity index (χ4v) is 2.34. The van der Waals surface area contributed by atoms with Crippen LogP contribution in [0.1, 0.15) is 36.4 Å². The van der Waals surface area contributed by atoms with Gasteiger partial charge in [0, 0.05) is 0 Å². The number of carbonyl (C=O) groups is 1. The highest BCUT2D eigenvalue weighted by atomic mass is 19.4. The van der Waals surface area contributed by atoms with Crippen LogP contribution >= 0.6 is 0 Å². The second kappa shape index (κ2) is 8.59. The van der Waals surface area contributed by atoms with Crippen molar-refractivity contribution in [3.63, 3.8) is 0 Å². The minimum atomic E-state index is -5.14. The summed E-state index contributed by atoms with van der Waals surface area (Å²) in [6, 6.07) is -2.98. The molecule has 2 aromatic carbocycles. The van der Waals surface area contributed by atoms with Crippen LogP contribution in [0.2, 0.25) is 0 Å².